The summed E-state index contributed by atoms with van der Waals surface area (Å²) in [6.07, 6.45) is 2.39. The summed E-state index contributed by atoms with van der Waals surface area (Å²) >= 11 is 6.22. The summed E-state index contributed by atoms with van der Waals surface area (Å²) in [7, 11) is 1.42. The molecule has 0 bridgehead atoms. The van der Waals surface area contributed by atoms with Crippen molar-refractivity contribution in [2.45, 2.75) is 19.3 Å². The molecule has 1 aliphatic rings. The number of carbonyl (C=O) groups excluding carboxylic acids is 1. The van der Waals surface area contributed by atoms with Gasteiger partial charge in [-0.3, -0.25) is 4.79 Å². The normalized spacial score (nSPS) is 15.8. The Balaban J connectivity index is 1.97. The van der Waals surface area contributed by atoms with Crippen LogP contribution in [0.15, 0.2) is 18.2 Å². The first-order valence-electron chi connectivity index (χ1n) is 6.65. The number of hydrogen-bond donors (Lipinski definition) is 0. The first-order valence-corrected chi connectivity index (χ1v) is 7.03. The van der Waals surface area contributed by atoms with Gasteiger partial charge in [0, 0.05) is 19.5 Å². The van der Waals surface area contributed by atoms with Crippen LogP contribution in [0.5, 0.6) is 0 Å². The first-order chi connectivity index (χ1) is 9.63. The Morgan fingerprint density at radius 2 is 2.20 bits per heavy atom. The standard InChI is InChI=1S/C15H17ClN2O2/c1-20-15(19)9-11-4-6-18(7-5-11)14-3-2-12(10-17)8-13(14)16/h2-3,8,11H,4-7,9H2,1H3. The molecule has 0 amide bonds. The number of esters is 1. The fourth-order valence-electron chi connectivity index (χ4n) is 2.53. The Morgan fingerprint density at radius 1 is 1.50 bits per heavy atom. The molecule has 4 nitrogen and oxygen atoms in total. The molecule has 1 heterocycles. The van der Waals surface area contributed by atoms with E-state index in [1.165, 1.54) is 7.11 Å². The average Bonchev–Trinajstić information content (AvgIpc) is 2.48. The van der Waals surface area contributed by atoms with Gasteiger partial charge >= 0.3 is 5.97 Å². The van der Waals surface area contributed by atoms with E-state index in [2.05, 4.69) is 11.0 Å². The molecule has 0 aromatic heterocycles. The summed E-state index contributed by atoms with van der Waals surface area (Å²) in [6, 6.07) is 7.44. The zero-order chi connectivity index (χ0) is 14.5. The van der Waals surface area contributed by atoms with Crippen molar-refractivity contribution in [3.63, 3.8) is 0 Å². The van der Waals surface area contributed by atoms with E-state index in [-0.39, 0.29) is 5.97 Å². The minimum absolute atomic E-state index is 0.139. The van der Waals surface area contributed by atoms with Crippen LogP contribution in [0.1, 0.15) is 24.8 Å². The van der Waals surface area contributed by atoms with Crippen molar-refractivity contribution in [2.24, 2.45) is 5.92 Å². The molecule has 1 aliphatic heterocycles. The highest BCUT2D eigenvalue weighted by Gasteiger charge is 2.23. The molecule has 1 fully saturated rings. The maximum atomic E-state index is 11.3. The van der Waals surface area contributed by atoms with Gasteiger partial charge < -0.3 is 9.64 Å². The highest BCUT2D eigenvalue weighted by Crippen LogP contribution is 2.31. The molecule has 0 radical (unpaired) electrons. The van der Waals surface area contributed by atoms with Gasteiger partial charge in [-0.1, -0.05) is 11.6 Å². The van der Waals surface area contributed by atoms with Crippen LogP contribution < -0.4 is 4.90 Å². The van der Waals surface area contributed by atoms with Crippen molar-refractivity contribution in [3.05, 3.63) is 28.8 Å². The predicted octanol–water partition coefficient (Wildman–Crippen LogP) is 2.99. The number of nitrogens with zero attached hydrogens (tertiary/aromatic N) is 2. The number of carbonyl (C=O) groups is 1. The van der Waals surface area contributed by atoms with Crippen LogP contribution in [0.25, 0.3) is 0 Å². The Labute approximate surface area is 123 Å². The molecule has 0 atom stereocenters. The van der Waals surface area contributed by atoms with Crippen molar-refractivity contribution < 1.29 is 9.53 Å². The van der Waals surface area contributed by atoms with Crippen LogP contribution in [0.2, 0.25) is 5.02 Å². The Morgan fingerprint density at radius 3 is 2.75 bits per heavy atom. The Bertz CT molecular complexity index is 531. The fourth-order valence-corrected chi connectivity index (χ4v) is 2.83. The summed E-state index contributed by atoms with van der Waals surface area (Å²) in [5.41, 5.74) is 1.53. The molecule has 1 aromatic rings. The number of piperidine rings is 1. The summed E-state index contributed by atoms with van der Waals surface area (Å²) < 4.78 is 4.70. The van der Waals surface area contributed by atoms with E-state index in [9.17, 15) is 4.79 Å². The fraction of sp³-hybridized carbons (Fsp3) is 0.467. The highest BCUT2D eigenvalue weighted by molar-refractivity contribution is 6.33. The van der Waals surface area contributed by atoms with Gasteiger partial charge in [0.15, 0.2) is 0 Å². The maximum Gasteiger partial charge on any atom is 0.305 e. The van der Waals surface area contributed by atoms with Crippen molar-refractivity contribution in [2.75, 3.05) is 25.1 Å². The predicted molar refractivity (Wildman–Crippen MR) is 77.7 cm³/mol. The zero-order valence-electron chi connectivity index (χ0n) is 11.4. The monoisotopic (exact) mass is 292 g/mol. The summed E-state index contributed by atoms with van der Waals surface area (Å²) in [5.74, 6) is 0.246. The molecular formula is C15H17ClN2O2. The Kier molecular flexibility index (Phi) is 4.86. The molecule has 0 aliphatic carbocycles. The summed E-state index contributed by atoms with van der Waals surface area (Å²) in [6.45, 7) is 1.74. The molecule has 0 spiro atoms. The van der Waals surface area contributed by atoms with Crippen molar-refractivity contribution in [1.29, 1.82) is 5.26 Å². The number of nitriles is 1. The molecule has 5 heteroatoms. The molecule has 2 rings (SSSR count). The minimum atomic E-state index is -0.139. The molecule has 1 aromatic carbocycles. The third kappa shape index (κ3) is 3.43. The number of hydrogen-bond acceptors (Lipinski definition) is 4. The summed E-state index contributed by atoms with van der Waals surface area (Å²) in [5, 5.41) is 9.45. The van der Waals surface area contributed by atoms with Gasteiger partial charge in [0.05, 0.1) is 29.5 Å². The molecule has 20 heavy (non-hydrogen) atoms. The van der Waals surface area contributed by atoms with Crippen LogP contribution in [-0.2, 0) is 9.53 Å². The average molecular weight is 293 g/mol. The molecule has 0 N–H and O–H groups in total. The molecule has 1 saturated heterocycles. The number of halogens is 1. The first kappa shape index (κ1) is 14.7. The Hall–Kier alpha value is -1.73. The van der Waals surface area contributed by atoms with E-state index in [0.29, 0.717) is 22.9 Å². The zero-order valence-corrected chi connectivity index (χ0v) is 12.2. The highest BCUT2D eigenvalue weighted by atomic mass is 35.5. The lowest BCUT2D eigenvalue weighted by molar-refractivity contribution is -0.141. The number of rotatable bonds is 3. The lowest BCUT2D eigenvalue weighted by atomic mass is 9.93. The maximum absolute atomic E-state index is 11.3. The molecule has 0 saturated carbocycles. The van der Waals surface area contributed by atoms with Gasteiger partial charge in [-0.25, -0.2) is 0 Å². The minimum Gasteiger partial charge on any atom is -0.469 e. The van der Waals surface area contributed by atoms with Crippen LogP contribution in [0, 0.1) is 17.2 Å². The lowest BCUT2D eigenvalue weighted by Crippen LogP contribution is -2.34. The lowest BCUT2D eigenvalue weighted by Gasteiger charge is -2.33. The van der Waals surface area contributed by atoms with Gasteiger partial charge in [-0.15, -0.1) is 0 Å². The van der Waals surface area contributed by atoms with Gasteiger partial charge in [0.2, 0.25) is 0 Å². The van der Waals surface area contributed by atoms with Crippen LogP contribution >= 0.6 is 11.6 Å². The second-order valence-electron chi connectivity index (χ2n) is 4.99. The number of methoxy groups -OCH3 is 1. The number of ether oxygens (including phenoxy) is 1. The third-order valence-electron chi connectivity index (χ3n) is 3.72. The van der Waals surface area contributed by atoms with Gasteiger partial charge in [0.25, 0.3) is 0 Å². The van der Waals surface area contributed by atoms with Crippen LogP contribution in [0.4, 0.5) is 5.69 Å². The van der Waals surface area contributed by atoms with Crippen LogP contribution in [-0.4, -0.2) is 26.2 Å². The third-order valence-corrected chi connectivity index (χ3v) is 4.02. The van der Waals surface area contributed by atoms with Gasteiger partial charge in [0.1, 0.15) is 0 Å². The topological polar surface area (TPSA) is 53.3 Å². The molecule has 0 unspecified atom stereocenters. The van der Waals surface area contributed by atoms with E-state index in [4.69, 9.17) is 21.6 Å². The van der Waals surface area contributed by atoms with Crippen LogP contribution in [0.3, 0.4) is 0 Å². The quantitative estimate of drug-likeness (QED) is 0.804. The van der Waals surface area contributed by atoms with E-state index in [1.54, 1.807) is 12.1 Å². The number of benzene rings is 1. The van der Waals surface area contributed by atoms with E-state index >= 15 is 0 Å². The van der Waals surface area contributed by atoms with E-state index in [1.807, 2.05) is 6.07 Å². The smallest absolute Gasteiger partial charge is 0.305 e. The molecular weight excluding hydrogens is 276 g/mol. The van der Waals surface area contributed by atoms with Crippen molar-refractivity contribution in [1.82, 2.24) is 0 Å². The van der Waals surface area contributed by atoms with E-state index < -0.39 is 0 Å². The number of anilines is 1. The SMILES string of the molecule is COC(=O)CC1CCN(c2ccc(C#N)cc2Cl)CC1. The second kappa shape index (κ2) is 6.62. The largest absolute Gasteiger partial charge is 0.469 e. The van der Waals surface area contributed by atoms with Gasteiger partial charge in [-0.2, -0.15) is 5.26 Å². The van der Waals surface area contributed by atoms with Gasteiger partial charge in [-0.05, 0) is 37.0 Å². The van der Waals surface area contributed by atoms with Crippen molar-refractivity contribution >= 4 is 23.3 Å². The molecule has 106 valence electrons. The van der Waals surface area contributed by atoms with Crippen molar-refractivity contribution in [3.8, 4) is 6.07 Å². The summed E-state index contributed by atoms with van der Waals surface area (Å²) in [4.78, 5) is 13.5. The second-order valence-corrected chi connectivity index (χ2v) is 5.40. The van der Waals surface area contributed by atoms with E-state index in [0.717, 1.165) is 31.6 Å².